The summed E-state index contributed by atoms with van der Waals surface area (Å²) in [6.45, 7) is 1.61. The highest BCUT2D eigenvalue weighted by Crippen LogP contribution is 2.27. The van der Waals surface area contributed by atoms with Gasteiger partial charge in [0.25, 0.3) is 0 Å². The van der Waals surface area contributed by atoms with Crippen molar-refractivity contribution in [3.63, 3.8) is 0 Å². The highest BCUT2D eigenvalue weighted by molar-refractivity contribution is 7.90. The van der Waals surface area contributed by atoms with Gasteiger partial charge in [0.1, 0.15) is 0 Å². The van der Waals surface area contributed by atoms with Gasteiger partial charge in [-0.1, -0.05) is 12.1 Å². The van der Waals surface area contributed by atoms with Crippen molar-refractivity contribution in [2.24, 2.45) is 0 Å². The molecule has 104 valence electrons. The minimum atomic E-state index is -3.84. The van der Waals surface area contributed by atoms with Crippen molar-refractivity contribution in [3.8, 4) is 0 Å². The van der Waals surface area contributed by atoms with Crippen LogP contribution in [0, 0.1) is 0 Å². The minimum absolute atomic E-state index is 0.141. The molecule has 0 saturated carbocycles. The number of benzene rings is 1. The third-order valence-electron chi connectivity index (χ3n) is 3.43. The maximum atomic E-state index is 12.2. The molecular weight excluding hydrogens is 268 g/mol. The fraction of sp³-hybridized carbons (Fsp3) is 0.417. The number of sulfonamides is 1. The summed E-state index contributed by atoms with van der Waals surface area (Å²) in [4.78, 5) is 10.9. The van der Waals surface area contributed by atoms with Gasteiger partial charge in [-0.25, -0.2) is 8.42 Å². The summed E-state index contributed by atoms with van der Waals surface area (Å²) >= 11 is 0. The van der Waals surface area contributed by atoms with Crippen LogP contribution in [0.5, 0.6) is 0 Å². The standard InChI is InChI=1S/C12H16N2O4S/c1-8(12(15)16)19(17,18)14-6-5-9-3-2-4-11(13)10(9)7-14/h2-4,8H,5-7,13H2,1H3,(H,15,16). The summed E-state index contributed by atoms with van der Waals surface area (Å²) in [5, 5.41) is 7.42. The van der Waals surface area contributed by atoms with Crippen molar-refractivity contribution in [3.05, 3.63) is 29.3 Å². The number of fused-ring (bicyclic) bond motifs is 1. The van der Waals surface area contributed by atoms with E-state index in [0.717, 1.165) is 11.1 Å². The molecule has 1 heterocycles. The molecule has 1 aliphatic heterocycles. The van der Waals surface area contributed by atoms with Crippen molar-refractivity contribution >= 4 is 21.7 Å². The number of hydrogen-bond acceptors (Lipinski definition) is 4. The molecule has 3 N–H and O–H groups in total. The molecule has 1 aromatic carbocycles. The largest absolute Gasteiger partial charge is 0.480 e. The number of carbonyl (C=O) groups is 1. The Morgan fingerprint density at radius 2 is 2.16 bits per heavy atom. The van der Waals surface area contributed by atoms with Gasteiger partial charge in [0.2, 0.25) is 10.0 Å². The maximum absolute atomic E-state index is 12.2. The lowest BCUT2D eigenvalue weighted by Gasteiger charge is -2.30. The second kappa shape index (κ2) is 4.82. The number of hydrogen-bond donors (Lipinski definition) is 2. The van der Waals surface area contributed by atoms with Crippen LogP contribution < -0.4 is 5.73 Å². The SMILES string of the molecule is CC(C(=O)O)S(=O)(=O)N1CCc2cccc(N)c2C1. The molecule has 0 fully saturated rings. The lowest BCUT2D eigenvalue weighted by Crippen LogP contribution is -2.43. The number of carboxylic acid groups (broad SMARTS) is 1. The second-order valence-electron chi connectivity index (χ2n) is 4.59. The molecule has 0 saturated heterocycles. The van der Waals surface area contributed by atoms with Gasteiger partial charge in [-0.05, 0) is 30.5 Å². The van der Waals surface area contributed by atoms with Crippen LogP contribution in [-0.4, -0.2) is 35.6 Å². The highest BCUT2D eigenvalue weighted by atomic mass is 32.2. The summed E-state index contributed by atoms with van der Waals surface area (Å²) in [6.07, 6.45) is 0.548. The van der Waals surface area contributed by atoms with Gasteiger partial charge < -0.3 is 10.8 Å². The predicted molar refractivity (Wildman–Crippen MR) is 71.0 cm³/mol. The van der Waals surface area contributed by atoms with Gasteiger partial charge in [0.05, 0.1) is 0 Å². The van der Waals surface area contributed by atoms with E-state index in [1.165, 1.54) is 11.2 Å². The fourth-order valence-electron chi connectivity index (χ4n) is 2.15. The molecule has 0 bridgehead atoms. The van der Waals surface area contributed by atoms with E-state index >= 15 is 0 Å². The summed E-state index contributed by atoms with van der Waals surface area (Å²) in [6, 6.07) is 5.46. The third-order valence-corrected chi connectivity index (χ3v) is 5.56. The van der Waals surface area contributed by atoms with E-state index in [0.29, 0.717) is 12.1 Å². The van der Waals surface area contributed by atoms with Crippen LogP contribution in [0.1, 0.15) is 18.1 Å². The number of rotatable bonds is 3. The van der Waals surface area contributed by atoms with E-state index in [2.05, 4.69) is 0 Å². The van der Waals surface area contributed by atoms with Gasteiger partial charge in [-0.2, -0.15) is 4.31 Å². The molecule has 0 radical (unpaired) electrons. The van der Waals surface area contributed by atoms with Crippen LogP contribution >= 0.6 is 0 Å². The fourth-order valence-corrected chi connectivity index (χ4v) is 3.51. The minimum Gasteiger partial charge on any atom is -0.480 e. The van der Waals surface area contributed by atoms with Crippen LogP contribution in [0.4, 0.5) is 5.69 Å². The van der Waals surface area contributed by atoms with E-state index in [1.54, 1.807) is 6.07 Å². The first-order valence-electron chi connectivity index (χ1n) is 5.92. The van der Waals surface area contributed by atoms with Gasteiger partial charge >= 0.3 is 5.97 Å². The lowest BCUT2D eigenvalue weighted by molar-refractivity contribution is -0.136. The zero-order chi connectivity index (χ0) is 14.2. The molecule has 1 unspecified atom stereocenters. The Labute approximate surface area is 111 Å². The highest BCUT2D eigenvalue weighted by Gasteiger charge is 2.35. The molecule has 19 heavy (non-hydrogen) atoms. The monoisotopic (exact) mass is 284 g/mol. The first kappa shape index (κ1) is 13.8. The smallest absolute Gasteiger partial charge is 0.323 e. The van der Waals surface area contributed by atoms with Gasteiger partial charge in [-0.15, -0.1) is 0 Å². The quantitative estimate of drug-likeness (QED) is 0.784. The summed E-state index contributed by atoms with van der Waals surface area (Å²) in [5.74, 6) is -1.34. The van der Waals surface area contributed by atoms with Crippen LogP contribution in [0.15, 0.2) is 18.2 Å². The normalized spacial score (nSPS) is 17.7. The zero-order valence-electron chi connectivity index (χ0n) is 10.5. The van der Waals surface area contributed by atoms with Crippen LogP contribution in [0.3, 0.4) is 0 Å². The number of anilines is 1. The average molecular weight is 284 g/mol. The summed E-state index contributed by atoms with van der Waals surface area (Å²) < 4.78 is 25.5. The number of nitrogen functional groups attached to an aromatic ring is 1. The molecule has 1 aromatic rings. The van der Waals surface area contributed by atoms with Crippen molar-refractivity contribution in [2.45, 2.75) is 25.1 Å². The molecule has 2 rings (SSSR count). The number of nitrogens with zero attached hydrogens (tertiary/aromatic N) is 1. The van der Waals surface area contributed by atoms with E-state index in [-0.39, 0.29) is 13.1 Å². The van der Waals surface area contributed by atoms with Crippen molar-refractivity contribution in [1.82, 2.24) is 4.31 Å². The van der Waals surface area contributed by atoms with Crippen molar-refractivity contribution in [2.75, 3.05) is 12.3 Å². The first-order valence-corrected chi connectivity index (χ1v) is 7.42. The molecule has 0 aliphatic carbocycles. The van der Waals surface area contributed by atoms with Crippen LogP contribution in [0.25, 0.3) is 0 Å². The van der Waals surface area contributed by atoms with Crippen molar-refractivity contribution in [1.29, 1.82) is 0 Å². The van der Waals surface area contributed by atoms with E-state index in [1.807, 2.05) is 12.1 Å². The molecule has 0 spiro atoms. The van der Waals surface area contributed by atoms with Gasteiger partial charge in [0, 0.05) is 18.8 Å². The molecule has 6 nitrogen and oxygen atoms in total. The Hall–Kier alpha value is -1.60. The summed E-state index contributed by atoms with van der Waals surface area (Å²) in [7, 11) is -3.84. The summed E-state index contributed by atoms with van der Waals surface area (Å²) in [5.41, 5.74) is 8.18. The zero-order valence-corrected chi connectivity index (χ0v) is 11.4. The van der Waals surface area contributed by atoms with Gasteiger partial charge in [-0.3, -0.25) is 4.79 Å². The van der Waals surface area contributed by atoms with Crippen LogP contribution in [-0.2, 0) is 27.8 Å². The number of aliphatic carboxylic acids is 1. The van der Waals surface area contributed by atoms with E-state index < -0.39 is 21.2 Å². The Kier molecular flexibility index (Phi) is 3.51. The van der Waals surface area contributed by atoms with Crippen LogP contribution in [0.2, 0.25) is 0 Å². The Balaban J connectivity index is 2.32. The number of nitrogens with two attached hydrogens (primary N) is 1. The topological polar surface area (TPSA) is 101 Å². The predicted octanol–water partition coefficient (Wildman–Crippen LogP) is 0.430. The van der Waals surface area contributed by atoms with E-state index in [4.69, 9.17) is 10.8 Å². The maximum Gasteiger partial charge on any atom is 0.323 e. The third kappa shape index (κ3) is 2.43. The van der Waals surface area contributed by atoms with Crippen molar-refractivity contribution < 1.29 is 18.3 Å². The second-order valence-corrected chi connectivity index (χ2v) is 6.85. The molecule has 0 aromatic heterocycles. The average Bonchev–Trinajstić information content (AvgIpc) is 2.37. The molecule has 1 atom stereocenters. The number of carboxylic acids is 1. The lowest BCUT2D eigenvalue weighted by atomic mass is 10.00. The van der Waals surface area contributed by atoms with E-state index in [9.17, 15) is 13.2 Å². The Morgan fingerprint density at radius 1 is 1.47 bits per heavy atom. The molecule has 1 aliphatic rings. The Bertz CT molecular complexity index is 612. The van der Waals surface area contributed by atoms with Gasteiger partial charge in [0.15, 0.2) is 5.25 Å². The Morgan fingerprint density at radius 3 is 2.79 bits per heavy atom. The molecule has 0 amide bonds. The molecular formula is C12H16N2O4S. The molecule has 7 heteroatoms. The first-order chi connectivity index (χ1) is 8.84.